The number of benzene rings is 10. The molecule has 236 valence electrons. The van der Waals surface area contributed by atoms with E-state index in [-0.39, 0.29) is 51.3 Å². The predicted octanol–water partition coefficient (Wildman–Crippen LogP) is 14.4. The molecule has 11 rings (SSSR count). The second kappa shape index (κ2) is 10.9. The molecule has 11 aromatic rings. The third-order valence-electron chi connectivity index (χ3n) is 10.3. The summed E-state index contributed by atoms with van der Waals surface area (Å²) in [5.74, 6) is 0. The molecule has 0 unspecified atom stereocenters. The standard InChI is InChI=1S/C50H30O/c1-3-15-37-31(11-1)23-24-35-29-34(26-27-38(35)37)33-13-9-14-36(30-33)47-40-17-5-7-19-42(40)48(43-20-8-6-18-41(43)47)44-21-10-22-46-49(44)45-28-25-32-12-2-4-16-39(32)50(45)51-46/h1-30H/i5D,6D,7D,8D,17D,18D,19D,20D. The Morgan fingerprint density at radius 3 is 1.73 bits per heavy atom. The number of hydrogen-bond donors (Lipinski definition) is 0. The van der Waals surface area contributed by atoms with E-state index in [0.717, 1.165) is 48.8 Å². The molecule has 0 aliphatic heterocycles. The Balaban J connectivity index is 1.28. The number of fused-ring (bicyclic) bond motifs is 10. The van der Waals surface area contributed by atoms with E-state index in [4.69, 9.17) is 9.90 Å². The maximum absolute atomic E-state index is 9.52. The summed E-state index contributed by atoms with van der Waals surface area (Å²) in [5.41, 5.74) is 4.64. The lowest BCUT2D eigenvalue weighted by Gasteiger charge is -2.18. The largest absolute Gasteiger partial charge is 0.455 e. The van der Waals surface area contributed by atoms with Gasteiger partial charge in [0.1, 0.15) is 11.2 Å². The van der Waals surface area contributed by atoms with Crippen LogP contribution in [0, 0.1) is 0 Å². The van der Waals surface area contributed by atoms with Gasteiger partial charge in [-0.2, -0.15) is 0 Å². The minimum Gasteiger partial charge on any atom is -0.455 e. The Labute approximate surface area is 305 Å². The Morgan fingerprint density at radius 1 is 0.373 bits per heavy atom. The first-order valence-corrected chi connectivity index (χ1v) is 16.9. The highest BCUT2D eigenvalue weighted by Gasteiger charge is 2.21. The molecule has 51 heavy (non-hydrogen) atoms. The third-order valence-corrected chi connectivity index (χ3v) is 10.3. The quantitative estimate of drug-likeness (QED) is 0.136. The Morgan fingerprint density at radius 2 is 0.941 bits per heavy atom. The molecule has 1 aromatic heterocycles. The normalized spacial score (nSPS) is 14.1. The summed E-state index contributed by atoms with van der Waals surface area (Å²) in [6.07, 6.45) is 0. The van der Waals surface area contributed by atoms with E-state index in [1.165, 1.54) is 0 Å². The van der Waals surface area contributed by atoms with Crippen molar-refractivity contribution in [3.8, 4) is 33.4 Å². The first kappa shape index (κ1) is 21.4. The molecule has 0 fully saturated rings. The second-order valence-electron chi connectivity index (χ2n) is 13.0. The zero-order valence-corrected chi connectivity index (χ0v) is 27.1. The molecule has 0 amide bonds. The predicted molar refractivity (Wildman–Crippen MR) is 218 cm³/mol. The molecule has 1 nitrogen and oxygen atoms in total. The monoisotopic (exact) mass is 654 g/mol. The van der Waals surface area contributed by atoms with Gasteiger partial charge >= 0.3 is 0 Å². The van der Waals surface area contributed by atoms with Crippen LogP contribution < -0.4 is 0 Å². The zero-order chi connectivity index (χ0) is 40.4. The van der Waals surface area contributed by atoms with Gasteiger partial charge in [0, 0.05) is 16.2 Å². The van der Waals surface area contributed by atoms with Gasteiger partial charge < -0.3 is 4.42 Å². The van der Waals surface area contributed by atoms with Crippen LogP contribution in [0.1, 0.15) is 11.0 Å². The van der Waals surface area contributed by atoms with Crippen LogP contribution in [0.4, 0.5) is 0 Å². The van der Waals surface area contributed by atoms with Crippen molar-refractivity contribution >= 4 is 75.8 Å². The van der Waals surface area contributed by atoms with Crippen molar-refractivity contribution in [2.45, 2.75) is 0 Å². The number of rotatable bonds is 3. The van der Waals surface area contributed by atoms with Gasteiger partial charge in [0.05, 0.1) is 11.0 Å². The van der Waals surface area contributed by atoms with E-state index in [9.17, 15) is 5.48 Å². The Kier molecular flexibility index (Phi) is 4.57. The van der Waals surface area contributed by atoms with Crippen LogP contribution in [-0.2, 0) is 0 Å². The molecule has 10 aromatic carbocycles. The van der Waals surface area contributed by atoms with Gasteiger partial charge in [-0.25, -0.2) is 0 Å². The van der Waals surface area contributed by atoms with Crippen molar-refractivity contribution in [1.29, 1.82) is 0 Å². The molecular formula is C50H30O. The average Bonchev–Trinajstić information content (AvgIpc) is 3.67. The molecule has 0 N–H and O–H groups in total. The summed E-state index contributed by atoms with van der Waals surface area (Å²) in [4.78, 5) is 0. The van der Waals surface area contributed by atoms with Crippen LogP contribution in [0.15, 0.2) is 186 Å². The lowest BCUT2D eigenvalue weighted by atomic mass is 9.84. The van der Waals surface area contributed by atoms with Crippen molar-refractivity contribution < 1.29 is 15.4 Å². The maximum Gasteiger partial charge on any atom is 0.143 e. The van der Waals surface area contributed by atoms with E-state index >= 15 is 0 Å². The third kappa shape index (κ3) is 4.22. The summed E-state index contributed by atoms with van der Waals surface area (Å²) in [6.45, 7) is 0. The molecule has 0 radical (unpaired) electrons. The average molecular weight is 655 g/mol. The highest BCUT2D eigenvalue weighted by molar-refractivity contribution is 6.27. The molecular weight excluding hydrogens is 617 g/mol. The highest BCUT2D eigenvalue weighted by Crippen LogP contribution is 2.48. The van der Waals surface area contributed by atoms with Gasteiger partial charge in [-0.15, -0.1) is 0 Å². The van der Waals surface area contributed by atoms with Crippen molar-refractivity contribution in [2.24, 2.45) is 0 Å². The molecule has 0 aliphatic carbocycles. The second-order valence-corrected chi connectivity index (χ2v) is 13.0. The van der Waals surface area contributed by atoms with E-state index < -0.39 is 24.2 Å². The van der Waals surface area contributed by atoms with Crippen LogP contribution in [0.3, 0.4) is 0 Å². The van der Waals surface area contributed by atoms with Crippen LogP contribution in [0.5, 0.6) is 0 Å². The molecule has 0 atom stereocenters. The van der Waals surface area contributed by atoms with Crippen LogP contribution in [-0.4, -0.2) is 0 Å². The fraction of sp³-hybridized carbons (Fsp3) is 0. The highest BCUT2D eigenvalue weighted by atomic mass is 16.3. The summed E-state index contributed by atoms with van der Waals surface area (Å²) in [7, 11) is 0. The molecule has 0 saturated carbocycles. The fourth-order valence-electron chi connectivity index (χ4n) is 7.99. The fourth-order valence-corrected chi connectivity index (χ4v) is 7.99. The minimum absolute atomic E-state index is 0.161. The molecule has 0 saturated heterocycles. The van der Waals surface area contributed by atoms with Crippen LogP contribution in [0.2, 0.25) is 0 Å². The zero-order valence-electron chi connectivity index (χ0n) is 35.1. The summed E-state index contributed by atoms with van der Waals surface area (Å²) in [6, 6.07) is 40.8. The minimum atomic E-state index is -0.442. The number of furan rings is 1. The molecule has 1 heterocycles. The van der Waals surface area contributed by atoms with Gasteiger partial charge in [0.25, 0.3) is 0 Å². The molecule has 1 heteroatoms. The molecule has 0 spiro atoms. The Hall–Kier alpha value is -6.70. The van der Waals surface area contributed by atoms with Crippen molar-refractivity contribution in [3.63, 3.8) is 0 Å². The van der Waals surface area contributed by atoms with E-state index in [1.807, 2.05) is 84.9 Å². The lowest BCUT2D eigenvalue weighted by molar-refractivity contribution is 0.673. The molecule has 0 aliphatic rings. The van der Waals surface area contributed by atoms with E-state index in [2.05, 4.69) is 42.5 Å². The summed E-state index contributed by atoms with van der Waals surface area (Å²) < 4.78 is 80.3. The SMILES string of the molecule is [2H]c1c([2H])c([2H])c2c(-c3cccc4oc5c6ccccc6ccc5c34)c3c([2H])c([2H])c([2H])c([2H])c3c(-c3cccc(-c4ccc5c(ccc6ccccc65)c4)c3)c2c1[2H]. The van der Waals surface area contributed by atoms with Crippen LogP contribution in [0.25, 0.3) is 109 Å². The van der Waals surface area contributed by atoms with Crippen molar-refractivity contribution in [2.75, 3.05) is 0 Å². The Bertz CT molecular complexity index is 3580. The summed E-state index contributed by atoms with van der Waals surface area (Å²) in [5, 5.41) is 8.48. The van der Waals surface area contributed by atoms with Gasteiger partial charge in [-0.3, -0.25) is 0 Å². The van der Waals surface area contributed by atoms with Gasteiger partial charge in [-0.1, -0.05) is 158 Å². The summed E-state index contributed by atoms with van der Waals surface area (Å²) >= 11 is 0. The lowest BCUT2D eigenvalue weighted by Crippen LogP contribution is -1.91. The topological polar surface area (TPSA) is 13.1 Å². The maximum atomic E-state index is 9.52. The molecule has 0 bridgehead atoms. The van der Waals surface area contributed by atoms with Crippen molar-refractivity contribution in [3.05, 3.63) is 182 Å². The first-order chi connectivity index (χ1) is 28.6. The van der Waals surface area contributed by atoms with Gasteiger partial charge in [-0.05, 0) is 106 Å². The van der Waals surface area contributed by atoms with Crippen molar-refractivity contribution in [1.82, 2.24) is 0 Å². The van der Waals surface area contributed by atoms with E-state index in [1.54, 1.807) is 6.07 Å². The van der Waals surface area contributed by atoms with E-state index in [0.29, 0.717) is 33.2 Å². The first-order valence-electron chi connectivity index (χ1n) is 20.9. The number of hydrogen-bond acceptors (Lipinski definition) is 1. The smallest absolute Gasteiger partial charge is 0.143 e. The van der Waals surface area contributed by atoms with Crippen LogP contribution >= 0.6 is 0 Å². The van der Waals surface area contributed by atoms with Gasteiger partial charge in [0.2, 0.25) is 0 Å². The van der Waals surface area contributed by atoms with Gasteiger partial charge in [0.15, 0.2) is 0 Å².